The number of aryl methyl sites for hydroxylation is 1. The summed E-state index contributed by atoms with van der Waals surface area (Å²) in [5.74, 6) is 3.71. The Morgan fingerprint density at radius 3 is 2.96 bits per heavy atom. The molecule has 3 heterocycles. The summed E-state index contributed by atoms with van der Waals surface area (Å²) in [6, 6.07) is 7.89. The zero-order chi connectivity index (χ0) is 19.5. The third-order valence-corrected chi connectivity index (χ3v) is 5.18. The molecular formula is C20H25N5O2S. The molecule has 148 valence electrons. The quantitative estimate of drug-likeness (QED) is 0.760. The van der Waals surface area contributed by atoms with Gasteiger partial charge < -0.3 is 25.0 Å². The SMILES string of the molecule is Cc1cc(N2CCCC(C)C2)nc(NC(=S)NCc2ccc3c(c2)OCO3)n1. The molecule has 1 atom stereocenters. The number of nitrogens with zero attached hydrogens (tertiary/aromatic N) is 3. The van der Waals surface area contributed by atoms with Crippen LogP contribution in [0.15, 0.2) is 24.3 Å². The summed E-state index contributed by atoms with van der Waals surface area (Å²) in [7, 11) is 0. The minimum absolute atomic E-state index is 0.273. The molecule has 2 aromatic rings. The standard InChI is InChI=1S/C20H25N5O2S/c1-13-4-3-7-25(11-13)18-8-14(2)22-19(23-18)24-20(28)21-10-15-5-6-16-17(9-15)27-12-26-16/h5-6,8-9,13H,3-4,7,10-12H2,1-2H3,(H2,21,22,23,24,28). The molecule has 0 bridgehead atoms. The summed E-state index contributed by atoms with van der Waals surface area (Å²) in [5.41, 5.74) is 1.98. The number of fused-ring (bicyclic) bond motifs is 1. The lowest BCUT2D eigenvalue weighted by Crippen LogP contribution is -2.35. The molecule has 1 fully saturated rings. The van der Waals surface area contributed by atoms with Gasteiger partial charge in [0.15, 0.2) is 16.6 Å². The highest BCUT2D eigenvalue weighted by molar-refractivity contribution is 7.80. The molecule has 8 heteroatoms. The molecule has 0 radical (unpaired) electrons. The molecule has 0 spiro atoms. The van der Waals surface area contributed by atoms with E-state index in [-0.39, 0.29) is 6.79 Å². The maximum absolute atomic E-state index is 5.42. The van der Waals surface area contributed by atoms with Gasteiger partial charge >= 0.3 is 0 Å². The predicted molar refractivity (Wildman–Crippen MR) is 113 cm³/mol. The van der Waals surface area contributed by atoms with E-state index in [1.807, 2.05) is 31.2 Å². The second-order valence-corrected chi connectivity index (χ2v) is 7.79. The van der Waals surface area contributed by atoms with E-state index < -0.39 is 0 Å². The summed E-state index contributed by atoms with van der Waals surface area (Å²) < 4.78 is 10.7. The third kappa shape index (κ3) is 4.44. The molecule has 0 saturated carbocycles. The Balaban J connectivity index is 1.37. The van der Waals surface area contributed by atoms with E-state index in [9.17, 15) is 0 Å². The summed E-state index contributed by atoms with van der Waals surface area (Å²) in [4.78, 5) is 11.5. The summed E-state index contributed by atoms with van der Waals surface area (Å²) >= 11 is 5.42. The number of anilines is 2. The number of piperidine rings is 1. The van der Waals surface area contributed by atoms with Crippen molar-refractivity contribution in [2.75, 3.05) is 30.1 Å². The molecule has 2 aliphatic rings. The van der Waals surface area contributed by atoms with Crippen LogP contribution in [0.3, 0.4) is 0 Å². The van der Waals surface area contributed by atoms with Gasteiger partial charge in [0, 0.05) is 31.4 Å². The summed E-state index contributed by atoms with van der Waals surface area (Å²) in [6.07, 6.45) is 2.47. The van der Waals surface area contributed by atoms with Crippen molar-refractivity contribution in [1.82, 2.24) is 15.3 Å². The first-order valence-corrected chi connectivity index (χ1v) is 10.0. The Bertz CT molecular complexity index is 876. The summed E-state index contributed by atoms with van der Waals surface area (Å²) in [5, 5.41) is 6.79. The lowest BCUT2D eigenvalue weighted by Gasteiger charge is -2.32. The normalized spacial score (nSPS) is 18.1. The van der Waals surface area contributed by atoms with E-state index in [4.69, 9.17) is 21.7 Å². The Morgan fingerprint density at radius 1 is 1.25 bits per heavy atom. The third-order valence-electron chi connectivity index (χ3n) is 4.94. The molecule has 1 aromatic heterocycles. The van der Waals surface area contributed by atoms with Crippen LogP contribution in [0.5, 0.6) is 11.5 Å². The van der Waals surface area contributed by atoms with Gasteiger partial charge in [0.05, 0.1) is 0 Å². The molecule has 1 unspecified atom stereocenters. The summed E-state index contributed by atoms with van der Waals surface area (Å²) in [6.45, 7) is 7.18. The highest BCUT2D eigenvalue weighted by atomic mass is 32.1. The van der Waals surface area contributed by atoms with Crippen LogP contribution in [0.4, 0.5) is 11.8 Å². The molecule has 0 amide bonds. The molecule has 0 aliphatic carbocycles. The predicted octanol–water partition coefficient (Wildman–Crippen LogP) is 3.24. The zero-order valence-electron chi connectivity index (χ0n) is 16.2. The molecular weight excluding hydrogens is 374 g/mol. The Labute approximate surface area is 170 Å². The zero-order valence-corrected chi connectivity index (χ0v) is 17.0. The van der Waals surface area contributed by atoms with E-state index in [2.05, 4.69) is 32.4 Å². The van der Waals surface area contributed by atoms with Gasteiger partial charge in [-0.15, -0.1) is 0 Å². The van der Waals surface area contributed by atoms with E-state index in [0.29, 0.717) is 23.5 Å². The van der Waals surface area contributed by atoms with Crippen LogP contribution in [-0.2, 0) is 6.54 Å². The van der Waals surface area contributed by atoms with Crippen LogP contribution < -0.4 is 25.0 Å². The topological polar surface area (TPSA) is 71.5 Å². The van der Waals surface area contributed by atoms with Crippen LogP contribution >= 0.6 is 12.2 Å². The monoisotopic (exact) mass is 399 g/mol. The number of ether oxygens (including phenoxy) is 2. The minimum atomic E-state index is 0.273. The Kier molecular flexibility index (Phi) is 5.47. The highest BCUT2D eigenvalue weighted by Crippen LogP contribution is 2.32. The maximum atomic E-state index is 5.42. The smallest absolute Gasteiger partial charge is 0.231 e. The second kappa shape index (κ2) is 8.18. The molecule has 2 N–H and O–H groups in total. The van der Waals surface area contributed by atoms with Gasteiger partial charge in [0.25, 0.3) is 0 Å². The largest absolute Gasteiger partial charge is 0.454 e. The second-order valence-electron chi connectivity index (χ2n) is 7.38. The van der Waals surface area contributed by atoms with Gasteiger partial charge in [-0.1, -0.05) is 13.0 Å². The fourth-order valence-electron chi connectivity index (χ4n) is 3.55. The number of aromatic nitrogens is 2. The average Bonchev–Trinajstić information content (AvgIpc) is 3.14. The number of rotatable bonds is 4. The van der Waals surface area contributed by atoms with Crippen molar-refractivity contribution in [3.05, 3.63) is 35.5 Å². The van der Waals surface area contributed by atoms with Crippen molar-refractivity contribution in [1.29, 1.82) is 0 Å². The van der Waals surface area contributed by atoms with Crippen molar-refractivity contribution in [2.45, 2.75) is 33.2 Å². The van der Waals surface area contributed by atoms with Crippen molar-refractivity contribution in [2.24, 2.45) is 5.92 Å². The van der Waals surface area contributed by atoms with Gasteiger partial charge in [-0.2, -0.15) is 4.98 Å². The lowest BCUT2D eigenvalue weighted by molar-refractivity contribution is 0.174. The van der Waals surface area contributed by atoms with Gasteiger partial charge in [0.2, 0.25) is 12.7 Å². The first kappa shape index (κ1) is 18.7. The van der Waals surface area contributed by atoms with Crippen LogP contribution in [0.1, 0.15) is 31.0 Å². The minimum Gasteiger partial charge on any atom is -0.454 e. The fraction of sp³-hybridized carbons (Fsp3) is 0.450. The number of thiocarbonyl (C=S) groups is 1. The van der Waals surface area contributed by atoms with Crippen molar-refractivity contribution in [3.8, 4) is 11.5 Å². The number of hydrogen-bond donors (Lipinski definition) is 2. The first-order valence-electron chi connectivity index (χ1n) is 9.61. The van der Waals surface area contributed by atoms with E-state index in [0.717, 1.165) is 41.7 Å². The Hall–Kier alpha value is -2.61. The van der Waals surface area contributed by atoms with Gasteiger partial charge in [-0.25, -0.2) is 4.98 Å². The number of benzene rings is 1. The fourth-order valence-corrected chi connectivity index (χ4v) is 3.71. The molecule has 28 heavy (non-hydrogen) atoms. The van der Waals surface area contributed by atoms with Crippen molar-refractivity contribution >= 4 is 29.1 Å². The maximum Gasteiger partial charge on any atom is 0.231 e. The molecule has 1 saturated heterocycles. The number of nitrogens with one attached hydrogen (secondary N) is 2. The van der Waals surface area contributed by atoms with Crippen molar-refractivity contribution < 1.29 is 9.47 Å². The van der Waals surface area contributed by atoms with Crippen LogP contribution in [0, 0.1) is 12.8 Å². The Morgan fingerprint density at radius 2 is 2.11 bits per heavy atom. The molecule has 4 rings (SSSR count). The van der Waals surface area contributed by atoms with Gasteiger partial charge in [-0.3, -0.25) is 0 Å². The highest BCUT2D eigenvalue weighted by Gasteiger charge is 2.19. The first-order chi connectivity index (χ1) is 13.6. The van der Waals surface area contributed by atoms with Crippen LogP contribution in [-0.4, -0.2) is 35.0 Å². The molecule has 7 nitrogen and oxygen atoms in total. The molecule has 1 aromatic carbocycles. The van der Waals surface area contributed by atoms with Crippen LogP contribution in [0.2, 0.25) is 0 Å². The van der Waals surface area contributed by atoms with Crippen molar-refractivity contribution in [3.63, 3.8) is 0 Å². The van der Waals surface area contributed by atoms with Gasteiger partial charge in [-0.05, 0) is 55.6 Å². The van der Waals surface area contributed by atoms with Crippen LogP contribution in [0.25, 0.3) is 0 Å². The van der Waals surface area contributed by atoms with Gasteiger partial charge in [0.1, 0.15) is 5.82 Å². The average molecular weight is 400 g/mol. The molecule has 2 aliphatic heterocycles. The lowest BCUT2D eigenvalue weighted by atomic mass is 10.0. The number of hydrogen-bond acceptors (Lipinski definition) is 6. The van der Waals surface area contributed by atoms with E-state index in [1.165, 1.54) is 12.8 Å². The van der Waals surface area contributed by atoms with E-state index in [1.54, 1.807) is 0 Å². The van der Waals surface area contributed by atoms with E-state index >= 15 is 0 Å².